The van der Waals surface area contributed by atoms with Gasteiger partial charge in [0.05, 0.1) is 11.9 Å². The quantitative estimate of drug-likeness (QED) is 0.348. The molecule has 0 bridgehead atoms. The van der Waals surface area contributed by atoms with Crippen molar-refractivity contribution in [3.63, 3.8) is 0 Å². The van der Waals surface area contributed by atoms with E-state index >= 15 is 0 Å². The summed E-state index contributed by atoms with van der Waals surface area (Å²) in [5.41, 5.74) is 2.25. The highest BCUT2D eigenvalue weighted by Gasteiger charge is 2.26. The lowest BCUT2D eigenvalue weighted by Gasteiger charge is -2.32. The van der Waals surface area contributed by atoms with E-state index in [0.717, 1.165) is 45.7 Å². The van der Waals surface area contributed by atoms with Crippen LogP contribution in [0.4, 0.5) is 11.5 Å². The topological polar surface area (TPSA) is 61.4 Å². The number of halogens is 1. The maximum absolute atomic E-state index is 13.0. The normalized spacial score (nSPS) is 16.8. The lowest BCUT2D eigenvalue weighted by molar-refractivity contribution is -0.126. The number of amides is 1. The maximum atomic E-state index is 13.0. The second-order valence-corrected chi connectivity index (χ2v) is 11.3. The first-order valence-electron chi connectivity index (χ1n) is 12.6. The SMILES string of the molecule is CCN(C/C=C/C(=O)N1CCc2c(sc3ncnc(Nc4cccc(Br)c4)c23)C1)C1CCCCC1. The summed E-state index contributed by atoms with van der Waals surface area (Å²) >= 11 is 5.20. The Morgan fingerprint density at radius 3 is 2.94 bits per heavy atom. The number of carbonyl (C=O) groups is 1. The largest absolute Gasteiger partial charge is 0.340 e. The van der Waals surface area contributed by atoms with Crippen molar-refractivity contribution in [1.29, 1.82) is 0 Å². The molecule has 0 atom stereocenters. The third-order valence-corrected chi connectivity index (χ3v) is 8.75. The molecule has 5 rings (SSSR count). The van der Waals surface area contributed by atoms with Gasteiger partial charge in [-0.15, -0.1) is 11.3 Å². The number of rotatable bonds is 7. The third-order valence-electron chi connectivity index (χ3n) is 7.13. The van der Waals surface area contributed by atoms with Crippen molar-refractivity contribution < 1.29 is 4.79 Å². The van der Waals surface area contributed by atoms with Crippen molar-refractivity contribution in [1.82, 2.24) is 19.8 Å². The molecule has 2 aliphatic rings. The molecule has 3 heterocycles. The molecule has 1 amide bonds. The summed E-state index contributed by atoms with van der Waals surface area (Å²) in [6.45, 7) is 5.47. The first-order chi connectivity index (χ1) is 17.1. The molecule has 0 spiro atoms. The van der Waals surface area contributed by atoms with E-state index < -0.39 is 0 Å². The van der Waals surface area contributed by atoms with Crippen molar-refractivity contribution >= 4 is 54.9 Å². The summed E-state index contributed by atoms with van der Waals surface area (Å²) in [7, 11) is 0. The minimum absolute atomic E-state index is 0.103. The number of aromatic nitrogens is 2. The van der Waals surface area contributed by atoms with Gasteiger partial charge in [0.1, 0.15) is 17.0 Å². The second-order valence-electron chi connectivity index (χ2n) is 9.33. The Hall–Kier alpha value is -2.29. The number of nitrogens with zero attached hydrogens (tertiary/aromatic N) is 4. The fraction of sp³-hybridized carbons (Fsp3) is 0.444. The van der Waals surface area contributed by atoms with Gasteiger partial charge in [-0.25, -0.2) is 9.97 Å². The van der Waals surface area contributed by atoms with E-state index in [9.17, 15) is 4.79 Å². The molecule has 0 unspecified atom stereocenters. The lowest BCUT2D eigenvalue weighted by Crippen LogP contribution is -2.37. The Kier molecular flexibility index (Phi) is 7.80. The molecule has 6 nitrogen and oxygen atoms in total. The number of fused-ring (bicyclic) bond motifs is 3. The van der Waals surface area contributed by atoms with E-state index in [1.807, 2.05) is 29.2 Å². The lowest BCUT2D eigenvalue weighted by atomic mass is 9.94. The Morgan fingerprint density at radius 1 is 1.29 bits per heavy atom. The Labute approximate surface area is 219 Å². The molecule has 0 radical (unpaired) electrons. The minimum atomic E-state index is 0.103. The van der Waals surface area contributed by atoms with Crippen molar-refractivity contribution in [2.75, 3.05) is 25.0 Å². The molecule has 0 saturated heterocycles. The second kappa shape index (κ2) is 11.2. The van der Waals surface area contributed by atoms with Crippen LogP contribution in [0.25, 0.3) is 10.2 Å². The summed E-state index contributed by atoms with van der Waals surface area (Å²) in [4.78, 5) is 28.7. The summed E-state index contributed by atoms with van der Waals surface area (Å²) in [6, 6.07) is 8.74. The summed E-state index contributed by atoms with van der Waals surface area (Å²) < 4.78 is 1.02. The Bertz CT molecular complexity index is 1220. The highest BCUT2D eigenvalue weighted by Crippen LogP contribution is 2.38. The van der Waals surface area contributed by atoms with Gasteiger partial charge in [-0.1, -0.05) is 54.3 Å². The van der Waals surface area contributed by atoms with Crippen LogP contribution in [-0.2, 0) is 17.8 Å². The average molecular weight is 555 g/mol. The minimum Gasteiger partial charge on any atom is -0.340 e. The highest BCUT2D eigenvalue weighted by molar-refractivity contribution is 9.10. The van der Waals surface area contributed by atoms with Crippen LogP contribution in [0.3, 0.4) is 0 Å². The van der Waals surface area contributed by atoms with Gasteiger partial charge < -0.3 is 10.2 Å². The molecule has 2 aromatic heterocycles. The van der Waals surface area contributed by atoms with Crippen LogP contribution in [0.1, 0.15) is 49.5 Å². The molecule has 1 fully saturated rings. The zero-order chi connectivity index (χ0) is 24.2. The van der Waals surface area contributed by atoms with Gasteiger partial charge in [0.25, 0.3) is 0 Å². The van der Waals surface area contributed by atoms with Crippen LogP contribution in [0.2, 0.25) is 0 Å². The highest BCUT2D eigenvalue weighted by atomic mass is 79.9. The molecule has 8 heteroatoms. The molecular formula is C27H32BrN5OS. The molecule has 1 N–H and O–H groups in total. The number of anilines is 2. The van der Waals surface area contributed by atoms with Crippen molar-refractivity contribution in [2.24, 2.45) is 0 Å². The van der Waals surface area contributed by atoms with Gasteiger partial charge in [0, 0.05) is 40.2 Å². The Balaban J connectivity index is 1.27. The molecule has 184 valence electrons. The predicted octanol–water partition coefficient (Wildman–Crippen LogP) is 6.29. The summed E-state index contributed by atoms with van der Waals surface area (Å²) in [5, 5.41) is 4.54. The van der Waals surface area contributed by atoms with E-state index in [2.05, 4.69) is 49.1 Å². The van der Waals surface area contributed by atoms with Gasteiger partial charge in [-0.2, -0.15) is 0 Å². The fourth-order valence-corrected chi connectivity index (χ4v) is 6.89. The van der Waals surface area contributed by atoms with Gasteiger partial charge in [-0.05, 0) is 49.6 Å². The standard InChI is InChI=1S/C27H32BrN5OS/c1-2-32(21-10-4-3-5-11-21)14-7-12-24(34)33-15-13-22-23(17-33)35-27-25(22)26(29-18-30-27)31-20-9-6-8-19(28)16-20/h6-9,12,16,18,21H,2-5,10-11,13-15,17H2,1H3,(H,29,30,31)/b12-7+. The van der Waals surface area contributed by atoms with Gasteiger partial charge in [-0.3, -0.25) is 9.69 Å². The van der Waals surface area contributed by atoms with E-state index in [1.165, 1.54) is 42.5 Å². The predicted molar refractivity (Wildman–Crippen MR) is 147 cm³/mol. The number of carbonyl (C=O) groups excluding carboxylic acids is 1. The number of nitrogens with one attached hydrogen (secondary N) is 1. The van der Waals surface area contributed by atoms with E-state index in [0.29, 0.717) is 19.1 Å². The summed E-state index contributed by atoms with van der Waals surface area (Å²) in [6.07, 6.45) is 12.9. The zero-order valence-electron chi connectivity index (χ0n) is 20.2. The van der Waals surface area contributed by atoms with Crippen LogP contribution in [0.15, 0.2) is 47.2 Å². The van der Waals surface area contributed by atoms with Crippen LogP contribution in [0.5, 0.6) is 0 Å². The molecular weight excluding hydrogens is 522 g/mol. The van der Waals surface area contributed by atoms with Crippen LogP contribution in [-0.4, -0.2) is 51.4 Å². The number of likely N-dealkylation sites (N-methyl/N-ethyl adjacent to an activating group) is 1. The van der Waals surface area contributed by atoms with Gasteiger partial charge in [0.2, 0.25) is 5.91 Å². The first-order valence-corrected chi connectivity index (χ1v) is 14.2. The third kappa shape index (κ3) is 5.60. The van der Waals surface area contributed by atoms with Crippen molar-refractivity contribution in [3.8, 4) is 0 Å². The molecule has 35 heavy (non-hydrogen) atoms. The molecule has 1 aromatic carbocycles. The Morgan fingerprint density at radius 2 is 2.14 bits per heavy atom. The van der Waals surface area contributed by atoms with Crippen LogP contribution < -0.4 is 5.32 Å². The molecule has 1 aliphatic heterocycles. The molecule has 3 aromatic rings. The molecule has 1 saturated carbocycles. The summed E-state index contributed by atoms with van der Waals surface area (Å²) in [5.74, 6) is 0.930. The number of thiophene rings is 1. The van der Waals surface area contributed by atoms with E-state index in [1.54, 1.807) is 23.7 Å². The van der Waals surface area contributed by atoms with E-state index in [4.69, 9.17) is 0 Å². The first kappa shape index (κ1) is 24.4. The maximum Gasteiger partial charge on any atom is 0.246 e. The van der Waals surface area contributed by atoms with Crippen LogP contribution in [0, 0.1) is 0 Å². The monoisotopic (exact) mass is 553 g/mol. The number of hydrogen-bond acceptors (Lipinski definition) is 6. The van der Waals surface area contributed by atoms with Crippen molar-refractivity contribution in [2.45, 2.75) is 58.0 Å². The average Bonchev–Trinajstić information content (AvgIpc) is 3.26. The van der Waals surface area contributed by atoms with E-state index in [-0.39, 0.29) is 5.91 Å². The zero-order valence-corrected chi connectivity index (χ0v) is 22.6. The smallest absolute Gasteiger partial charge is 0.246 e. The fourth-order valence-electron chi connectivity index (χ4n) is 5.29. The van der Waals surface area contributed by atoms with Gasteiger partial charge >= 0.3 is 0 Å². The number of hydrogen-bond donors (Lipinski definition) is 1. The van der Waals surface area contributed by atoms with Crippen LogP contribution >= 0.6 is 27.3 Å². The molecule has 1 aliphatic carbocycles. The van der Waals surface area contributed by atoms with Crippen molar-refractivity contribution in [3.05, 3.63) is 57.7 Å². The number of benzene rings is 1. The van der Waals surface area contributed by atoms with Gasteiger partial charge in [0.15, 0.2) is 0 Å².